The molecular formula is C14H21N5O. The summed E-state index contributed by atoms with van der Waals surface area (Å²) in [5, 5.41) is 7.52. The van der Waals surface area contributed by atoms with Gasteiger partial charge in [0.15, 0.2) is 5.82 Å². The molecule has 0 fully saturated rings. The molecular weight excluding hydrogens is 254 g/mol. The van der Waals surface area contributed by atoms with Crippen molar-refractivity contribution in [2.24, 2.45) is 7.05 Å². The van der Waals surface area contributed by atoms with Crippen molar-refractivity contribution in [3.8, 4) is 5.75 Å². The number of ether oxygens (including phenoxy) is 1. The average molecular weight is 275 g/mol. The van der Waals surface area contributed by atoms with E-state index in [9.17, 15) is 0 Å². The average Bonchev–Trinajstić information content (AvgIpc) is 2.79. The third-order valence-electron chi connectivity index (χ3n) is 2.74. The van der Waals surface area contributed by atoms with Crippen LogP contribution in [0, 0.1) is 0 Å². The van der Waals surface area contributed by atoms with Crippen molar-refractivity contribution in [3.63, 3.8) is 0 Å². The topological polar surface area (TPSA) is 78.0 Å². The van der Waals surface area contributed by atoms with Crippen LogP contribution in [0.2, 0.25) is 0 Å². The lowest BCUT2D eigenvalue weighted by Crippen LogP contribution is -2.11. The highest BCUT2D eigenvalue weighted by Crippen LogP contribution is 2.29. The van der Waals surface area contributed by atoms with Crippen molar-refractivity contribution in [3.05, 3.63) is 30.4 Å². The Labute approximate surface area is 119 Å². The lowest BCUT2D eigenvalue weighted by atomic mass is 10.2. The van der Waals surface area contributed by atoms with Gasteiger partial charge in [-0.25, -0.2) is 4.98 Å². The summed E-state index contributed by atoms with van der Waals surface area (Å²) < 4.78 is 7.36. The lowest BCUT2D eigenvalue weighted by molar-refractivity contribution is 0.244. The fourth-order valence-corrected chi connectivity index (χ4v) is 1.86. The maximum absolute atomic E-state index is 6.09. The number of nitrogens with zero attached hydrogens (tertiary/aromatic N) is 3. The normalized spacial score (nSPS) is 10.8. The zero-order valence-corrected chi connectivity index (χ0v) is 12.1. The number of para-hydroxylation sites is 1. The van der Waals surface area contributed by atoms with Gasteiger partial charge < -0.3 is 15.8 Å². The van der Waals surface area contributed by atoms with Crippen LogP contribution in [0.4, 0.5) is 11.4 Å². The van der Waals surface area contributed by atoms with E-state index in [-0.39, 0.29) is 6.10 Å². The van der Waals surface area contributed by atoms with E-state index >= 15 is 0 Å². The molecule has 0 saturated carbocycles. The van der Waals surface area contributed by atoms with Crippen molar-refractivity contribution in [2.75, 3.05) is 17.6 Å². The molecule has 6 heteroatoms. The smallest absolute Gasteiger partial charge is 0.152 e. The largest absolute Gasteiger partial charge is 0.489 e. The summed E-state index contributed by atoms with van der Waals surface area (Å²) in [4.78, 5) is 4.18. The number of anilines is 2. The number of nitrogen functional groups attached to an aromatic ring is 1. The van der Waals surface area contributed by atoms with Gasteiger partial charge >= 0.3 is 0 Å². The van der Waals surface area contributed by atoms with E-state index in [0.29, 0.717) is 11.4 Å². The number of hydrogen-bond donors (Lipinski definition) is 2. The predicted octanol–water partition coefficient (Wildman–Crippen LogP) is 1.84. The Bertz CT molecular complexity index is 564. The number of nitrogens with one attached hydrogen (secondary N) is 1. The zero-order valence-electron chi connectivity index (χ0n) is 12.1. The Kier molecular flexibility index (Phi) is 4.45. The molecule has 2 aromatic rings. The van der Waals surface area contributed by atoms with Gasteiger partial charge in [0.2, 0.25) is 0 Å². The highest BCUT2D eigenvalue weighted by atomic mass is 16.5. The SMILES string of the molecule is CC(C)Oc1cccc(NCCc2ncn(C)n2)c1N. The monoisotopic (exact) mass is 275 g/mol. The summed E-state index contributed by atoms with van der Waals surface area (Å²) in [7, 11) is 1.86. The fraction of sp³-hybridized carbons (Fsp3) is 0.429. The van der Waals surface area contributed by atoms with E-state index in [4.69, 9.17) is 10.5 Å². The summed E-state index contributed by atoms with van der Waals surface area (Å²) in [5.41, 5.74) is 7.60. The Morgan fingerprint density at radius 3 is 2.85 bits per heavy atom. The number of nitrogens with two attached hydrogens (primary N) is 1. The molecule has 0 unspecified atom stereocenters. The number of aryl methyl sites for hydroxylation is 1. The van der Waals surface area contributed by atoms with Crippen molar-refractivity contribution < 1.29 is 4.74 Å². The molecule has 0 aliphatic rings. The van der Waals surface area contributed by atoms with Crippen molar-refractivity contribution in [1.29, 1.82) is 0 Å². The molecule has 0 aliphatic carbocycles. The molecule has 0 aliphatic heterocycles. The molecule has 0 atom stereocenters. The van der Waals surface area contributed by atoms with Crippen LogP contribution < -0.4 is 15.8 Å². The number of benzene rings is 1. The first-order valence-electron chi connectivity index (χ1n) is 6.70. The summed E-state index contributed by atoms with van der Waals surface area (Å²) >= 11 is 0. The standard InChI is InChI=1S/C14H21N5O/c1-10(2)20-12-6-4-5-11(14(12)15)16-8-7-13-17-9-19(3)18-13/h4-6,9-10,16H,7-8,15H2,1-3H3. The van der Waals surface area contributed by atoms with Crippen LogP contribution in [0.3, 0.4) is 0 Å². The molecule has 0 amide bonds. The molecule has 2 rings (SSSR count). The van der Waals surface area contributed by atoms with Crippen molar-refractivity contribution in [2.45, 2.75) is 26.4 Å². The molecule has 20 heavy (non-hydrogen) atoms. The van der Waals surface area contributed by atoms with E-state index in [0.717, 1.165) is 24.5 Å². The van der Waals surface area contributed by atoms with Gasteiger partial charge in [-0.15, -0.1) is 0 Å². The quantitative estimate of drug-likeness (QED) is 0.786. The van der Waals surface area contributed by atoms with Gasteiger partial charge in [0.05, 0.1) is 17.5 Å². The molecule has 6 nitrogen and oxygen atoms in total. The summed E-state index contributed by atoms with van der Waals surface area (Å²) in [5.74, 6) is 1.52. The maximum atomic E-state index is 6.09. The molecule has 0 saturated heterocycles. The van der Waals surface area contributed by atoms with Gasteiger partial charge in [0.25, 0.3) is 0 Å². The van der Waals surface area contributed by atoms with Crippen LogP contribution >= 0.6 is 0 Å². The van der Waals surface area contributed by atoms with Crippen molar-refractivity contribution in [1.82, 2.24) is 14.8 Å². The molecule has 1 heterocycles. The second-order valence-corrected chi connectivity index (χ2v) is 4.90. The van der Waals surface area contributed by atoms with Crippen LogP contribution in [-0.2, 0) is 13.5 Å². The predicted molar refractivity (Wildman–Crippen MR) is 79.8 cm³/mol. The Balaban J connectivity index is 1.95. The van der Waals surface area contributed by atoms with Crippen LogP contribution in [0.25, 0.3) is 0 Å². The minimum absolute atomic E-state index is 0.102. The van der Waals surface area contributed by atoms with E-state index < -0.39 is 0 Å². The third kappa shape index (κ3) is 3.63. The zero-order chi connectivity index (χ0) is 14.5. The highest BCUT2D eigenvalue weighted by molar-refractivity contribution is 5.72. The number of aromatic nitrogens is 3. The first kappa shape index (κ1) is 14.2. The molecule has 1 aromatic carbocycles. The minimum Gasteiger partial charge on any atom is -0.489 e. The second-order valence-electron chi connectivity index (χ2n) is 4.90. The summed E-state index contributed by atoms with van der Waals surface area (Å²) in [6.45, 7) is 4.68. The lowest BCUT2D eigenvalue weighted by Gasteiger charge is -2.15. The third-order valence-corrected chi connectivity index (χ3v) is 2.74. The Morgan fingerprint density at radius 1 is 1.40 bits per heavy atom. The summed E-state index contributed by atoms with van der Waals surface area (Å²) in [6.07, 6.45) is 2.54. The van der Waals surface area contributed by atoms with E-state index in [1.54, 1.807) is 11.0 Å². The highest BCUT2D eigenvalue weighted by Gasteiger charge is 2.07. The first-order chi connectivity index (χ1) is 9.56. The molecule has 1 aromatic heterocycles. The Morgan fingerprint density at radius 2 is 2.20 bits per heavy atom. The maximum Gasteiger partial charge on any atom is 0.152 e. The molecule has 0 radical (unpaired) electrons. The number of rotatable bonds is 6. The van der Waals surface area contributed by atoms with E-state index in [2.05, 4.69) is 15.4 Å². The van der Waals surface area contributed by atoms with E-state index in [1.807, 2.05) is 39.1 Å². The van der Waals surface area contributed by atoms with Crippen LogP contribution in [0.1, 0.15) is 19.7 Å². The van der Waals surface area contributed by atoms with Gasteiger partial charge in [-0.05, 0) is 26.0 Å². The Hall–Kier alpha value is -2.24. The fourth-order valence-electron chi connectivity index (χ4n) is 1.86. The summed E-state index contributed by atoms with van der Waals surface area (Å²) in [6, 6.07) is 5.74. The molecule has 108 valence electrons. The minimum atomic E-state index is 0.102. The van der Waals surface area contributed by atoms with Gasteiger partial charge in [-0.1, -0.05) is 6.07 Å². The molecule has 0 spiro atoms. The van der Waals surface area contributed by atoms with Crippen LogP contribution in [-0.4, -0.2) is 27.4 Å². The van der Waals surface area contributed by atoms with Gasteiger partial charge in [-0.3, -0.25) is 4.68 Å². The van der Waals surface area contributed by atoms with Crippen LogP contribution in [0.5, 0.6) is 5.75 Å². The van der Waals surface area contributed by atoms with Gasteiger partial charge in [0.1, 0.15) is 12.1 Å². The number of hydrogen-bond acceptors (Lipinski definition) is 5. The van der Waals surface area contributed by atoms with Crippen LogP contribution in [0.15, 0.2) is 24.5 Å². The van der Waals surface area contributed by atoms with Gasteiger partial charge in [0, 0.05) is 20.0 Å². The van der Waals surface area contributed by atoms with Gasteiger partial charge in [-0.2, -0.15) is 5.10 Å². The second kappa shape index (κ2) is 6.27. The van der Waals surface area contributed by atoms with E-state index in [1.165, 1.54) is 0 Å². The first-order valence-corrected chi connectivity index (χ1v) is 6.70. The molecule has 3 N–H and O–H groups in total. The molecule has 0 bridgehead atoms. The van der Waals surface area contributed by atoms with Crippen molar-refractivity contribution >= 4 is 11.4 Å².